The van der Waals surface area contributed by atoms with E-state index in [1.807, 2.05) is 30.3 Å². The lowest BCUT2D eigenvalue weighted by molar-refractivity contribution is -0.108. The van der Waals surface area contributed by atoms with Crippen LogP contribution in [0, 0.1) is 11.3 Å². The molecule has 4 amide bonds. The van der Waals surface area contributed by atoms with Gasteiger partial charge in [-0.1, -0.05) is 30.3 Å². The molecule has 1 aliphatic heterocycles. The van der Waals surface area contributed by atoms with E-state index < -0.39 is 12.1 Å². The zero-order valence-electron chi connectivity index (χ0n) is 18.6. The Morgan fingerprint density at radius 1 is 1.26 bits per heavy atom. The molecule has 0 fully saturated rings. The number of benzene rings is 2. The first-order valence-corrected chi connectivity index (χ1v) is 10.4. The Morgan fingerprint density at radius 3 is 2.71 bits per heavy atom. The fraction of sp³-hybridized carbons (Fsp3) is 0.208. The standard InChI is InChI=1S/C24H22N6O4/c1-29-12-20(21(10-25)28-29)15-3-5-16(6-4-15)22(27-24(33)26-14-31)13-30-11-17-7-8-18(34-2)9-19(17)23(30)32/h3-9,12,14,22H,11,13H2,1-2H3,(H2,26,27,31,33)/t22-/m0/s1. The third-order valence-electron chi connectivity index (χ3n) is 5.65. The van der Waals surface area contributed by atoms with Crippen molar-refractivity contribution in [2.24, 2.45) is 7.05 Å². The number of aryl methyl sites for hydroxylation is 1. The maximum absolute atomic E-state index is 13.0. The number of nitrogens with one attached hydrogen (secondary N) is 2. The minimum Gasteiger partial charge on any atom is -0.497 e. The van der Waals surface area contributed by atoms with Crippen molar-refractivity contribution in [1.82, 2.24) is 25.3 Å². The summed E-state index contributed by atoms with van der Waals surface area (Å²) in [5.41, 5.74) is 3.96. The number of hydrogen-bond acceptors (Lipinski definition) is 6. The van der Waals surface area contributed by atoms with Crippen LogP contribution in [-0.4, -0.2) is 46.7 Å². The molecule has 0 aliphatic carbocycles. The van der Waals surface area contributed by atoms with Gasteiger partial charge in [-0.15, -0.1) is 0 Å². The van der Waals surface area contributed by atoms with Gasteiger partial charge in [0.1, 0.15) is 11.8 Å². The highest BCUT2D eigenvalue weighted by Gasteiger charge is 2.30. The van der Waals surface area contributed by atoms with Gasteiger partial charge in [0.15, 0.2) is 5.69 Å². The second-order valence-corrected chi connectivity index (χ2v) is 7.80. The number of amides is 4. The van der Waals surface area contributed by atoms with Crippen LogP contribution in [0.15, 0.2) is 48.7 Å². The van der Waals surface area contributed by atoms with Crippen LogP contribution in [0.25, 0.3) is 11.1 Å². The van der Waals surface area contributed by atoms with E-state index in [1.165, 1.54) is 0 Å². The Kier molecular flexibility index (Phi) is 6.27. The van der Waals surface area contributed by atoms with E-state index in [2.05, 4.69) is 21.8 Å². The van der Waals surface area contributed by atoms with E-state index in [0.717, 1.165) is 16.7 Å². The van der Waals surface area contributed by atoms with Gasteiger partial charge in [0, 0.05) is 37.5 Å². The van der Waals surface area contributed by atoms with Gasteiger partial charge in [-0.25, -0.2) is 4.79 Å². The number of nitriles is 1. The Balaban J connectivity index is 1.59. The monoisotopic (exact) mass is 458 g/mol. The number of methoxy groups -OCH3 is 1. The zero-order valence-corrected chi connectivity index (χ0v) is 18.6. The third-order valence-corrected chi connectivity index (χ3v) is 5.65. The number of hydrogen-bond donors (Lipinski definition) is 2. The molecule has 0 saturated carbocycles. The van der Waals surface area contributed by atoms with Gasteiger partial charge >= 0.3 is 6.03 Å². The summed E-state index contributed by atoms with van der Waals surface area (Å²) in [5, 5.41) is 18.3. The van der Waals surface area contributed by atoms with Gasteiger partial charge in [0.05, 0.1) is 13.2 Å². The van der Waals surface area contributed by atoms with Gasteiger partial charge < -0.3 is 15.0 Å². The molecule has 2 heterocycles. The first kappa shape index (κ1) is 22.5. The van der Waals surface area contributed by atoms with Crippen molar-refractivity contribution in [2.75, 3.05) is 13.7 Å². The van der Waals surface area contributed by atoms with Crippen LogP contribution in [0.3, 0.4) is 0 Å². The predicted molar refractivity (Wildman–Crippen MR) is 122 cm³/mol. The number of fused-ring (bicyclic) bond motifs is 1. The second kappa shape index (κ2) is 9.46. The van der Waals surface area contributed by atoms with Crippen LogP contribution >= 0.6 is 0 Å². The number of carbonyl (C=O) groups is 3. The largest absolute Gasteiger partial charge is 0.497 e. The molecule has 34 heavy (non-hydrogen) atoms. The molecular formula is C24H22N6O4. The van der Waals surface area contributed by atoms with E-state index >= 15 is 0 Å². The molecule has 10 nitrogen and oxygen atoms in total. The Hall–Kier alpha value is -4.65. The average molecular weight is 458 g/mol. The highest BCUT2D eigenvalue weighted by atomic mass is 16.5. The van der Waals surface area contributed by atoms with Crippen molar-refractivity contribution in [2.45, 2.75) is 12.6 Å². The SMILES string of the molecule is COc1ccc2c(c1)C(=O)N(C[C@H](NC(=O)NC=O)c1ccc(-c3cn(C)nc3C#N)cc1)C2. The minimum absolute atomic E-state index is 0.165. The quantitative estimate of drug-likeness (QED) is 0.522. The average Bonchev–Trinajstić information content (AvgIpc) is 3.37. The van der Waals surface area contributed by atoms with Crippen molar-refractivity contribution in [3.63, 3.8) is 0 Å². The van der Waals surface area contributed by atoms with E-state index in [-0.39, 0.29) is 12.5 Å². The smallest absolute Gasteiger partial charge is 0.321 e. The molecule has 1 aliphatic rings. The third kappa shape index (κ3) is 4.45. The van der Waals surface area contributed by atoms with E-state index in [9.17, 15) is 19.6 Å². The van der Waals surface area contributed by atoms with E-state index in [0.29, 0.717) is 35.5 Å². The number of carbonyl (C=O) groups excluding carboxylic acids is 3. The summed E-state index contributed by atoms with van der Waals surface area (Å²) in [4.78, 5) is 37.5. The van der Waals surface area contributed by atoms with Gasteiger partial charge in [-0.05, 0) is 28.8 Å². The van der Waals surface area contributed by atoms with Crippen LogP contribution in [0.5, 0.6) is 5.75 Å². The first-order chi connectivity index (χ1) is 16.4. The van der Waals surface area contributed by atoms with Crippen LogP contribution in [0.4, 0.5) is 4.79 Å². The van der Waals surface area contributed by atoms with Gasteiger partial charge in [-0.3, -0.25) is 19.6 Å². The molecule has 172 valence electrons. The lowest BCUT2D eigenvalue weighted by atomic mass is 10.0. The molecule has 4 rings (SSSR count). The molecule has 2 N–H and O–H groups in total. The zero-order chi connectivity index (χ0) is 24.2. The fourth-order valence-corrected chi connectivity index (χ4v) is 4.00. The van der Waals surface area contributed by atoms with E-state index in [4.69, 9.17) is 4.74 Å². The number of nitrogens with zero attached hydrogens (tertiary/aromatic N) is 4. The molecule has 2 aromatic carbocycles. The summed E-state index contributed by atoms with van der Waals surface area (Å²) in [7, 11) is 3.28. The molecule has 0 radical (unpaired) electrons. The van der Waals surface area contributed by atoms with Crippen molar-refractivity contribution in [3.8, 4) is 22.9 Å². The summed E-state index contributed by atoms with van der Waals surface area (Å²) in [6, 6.07) is 13.4. The summed E-state index contributed by atoms with van der Waals surface area (Å²) in [6.45, 7) is 0.586. The molecule has 0 unspecified atom stereocenters. The maximum Gasteiger partial charge on any atom is 0.321 e. The fourth-order valence-electron chi connectivity index (χ4n) is 4.00. The second-order valence-electron chi connectivity index (χ2n) is 7.80. The lowest BCUT2D eigenvalue weighted by Crippen LogP contribution is -2.42. The molecule has 0 bridgehead atoms. The number of aromatic nitrogens is 2. The summed E-state index contributed by atoms with van der Waals surface area (Å²) in [5.74, 6) is 0.429. The van der Waals surface area contributed by atoms with Crippen LogP contribution in [-0.2, 0) is 18.4 Å². The summed E-state index contributed by atoms with van der Waals surface area (Å²) < 4.78 is 6.79. The minimum atomic E-state index is -0.672. The number of imide groups is 1. The molecule has 3 aromatic rings. The molecule has 1 atom stereocenters. The molecule has 0 saturated heterocycles. The molecule has 0 spiro atoms. The van der Waals surface area contributed by atoms with Crippen LogP contribution in [0.1, 0.15) is 33.2 Å². The van der Waals surface area contributed by atoms with Gasteiger partial charge in [-0.2, -0.15) is 10.4 Å². The van der Waals surface area contributed by atoms with Gasteiger partial charge in [0.2, 0.25) is 6.41 Å². The Bertz CT molecular complexity index is 1290. The summed E-state index contributed by atoms with van der Waals surface area (Å²) >= 11 is 0. The number of rotatable bonds is 7. The van der Waals surface area contributed by atoms with Crippen molar-refractivity contribution in [1.29, 1.82) is 5.26 Å². The predicted octanol–water partition coefficient (Wildman–Crippen LogP) is 2.12. The normalized spacial score (nSPS) is 13.1. The molecular weight excluding hydrogens is 436 g/mol. The maximum atomic E-state index is 13.0. The highest BCUT2D eigenvalue weighted by Crippen LogP contribution is 2.29. The van der Waals surface area contributed by atoms with Crippen molar-refractivity contribution >= 4 is 18.3 Å². The Morgan fingerprint density at radius 2 is 2.03 bits per heavy atom. The van der Waals surface area contributed by atoms with Crippen LogP contribution < -0.4 is 15.4 Å². The summed E-state index contributed by atoms with van der Waals surface area (Å²) in [6.07, 6.45) is 2.06. The van der Waals surface area contributed by atoms with Crippen molar-refractivity contribution in [3.05, 3.63) is 71.0 Å². The van der Waals surface area contributed by atoms with Crippen LogP contribution in [0.2, 0.25) is 0 Å². The number of urea groups is 1. The lowest BCUT2D eigenvalue weighted by Gasteiger charge is -2.25. The van der Waals surface area contributed by atoms with E-state index in [1.54, 1.807) is 42.1 Å². The topological polar surface area (TPSA) is 129 Å². The molecule has 1 aromatic heterocycles. The van der Waals surface area contributed by atoms with Crippen molar-refractivity contribution < 1.29 is 19.1 Å². The Labute approximate surface area is 195 Å². The van der Waals surface area contributed by atoms with Gasteiger partial charge in [0.25, 0.3) is 5.91 Å². The first-order valence-electron chi connectivity index (χ1n) is 10.4. The highest BCUT2D eigenvalue weighted by molar-refractivity contribution is 5.98. The molecule has 10 heteroatoms. The number of ether oxygens (including phenoxy) is 1.